The van der Waals surface area contributed by atoms with E-state index >= 15 is 0 Å². The average molecular weight is 277 g/mol. The number of hydrogen-bond donors (Lipinski definition) is 0. The molecule has 1 heterocycles. The molecule has 1 aliphatic heterocycles. The van der Waals surface area contributed by atoms with Crippen molar-refractivity contribution in [1.29, 1.82) is 0 Å². The molecule has 2 aliphatic rings. The summed E-state index contributed by atoms with van der Waals surface area (Å²) in [7, 11) is 0. The minimum absolute atomic E-state index is 0.179. The molecule has 2 aromatic rings. The second-order valence-corrected chi connectivity index (χ2v) is 6.08. The summed E-state index contributed by atoms with van der Waals surface area (Å²) in [5.74, 6) is 0.919. The Hall–Kier alpha value is -2.09. The van der Waals surface area contributed by atoms with Crippen molar-refractivity contribution in [3.63, 3.8) is 0 Å². The fourth-order valence-electron chi connectivity index (χ4n) is 3.50. The van der Waals surface area contributed by atoms with Crippen molar-refractivity contribution in [2.24, 2.45) is 5.92 Å². The van der Waals surface area contributed by atoms with Crippen molar-refractivity contribution in [2.45, 2.75) is 25.2 Å². The molecule has 1 amide bonds. The molecule has 2 unspecified atom stereocenters. The van der Waals surface area contributed by atoms with E-state index in [0.717, 1.165) is 31.5 Å². The van der Waals surface area contributed by atoms with E-state index in [9.17, 15) is 4.79 Å². The van der Waals surface area contributed by atoms with Gasteiger partial charge in [-0.2, -0.15) is 0 Å². The first-order chi connectivity index (χ1) is 10.3. The Kier molecular flexibility index (Phi) is 3.03. The average Bonchev–Trinajstić information content (AvgIpc) is 3.35. The van der Waals surface area contributed by atoms with Gasteiger partial charge in [-0.3, -0.25) is 4.79 Å². The van der Waals surface area contributed by atoms with Crippen LogP contribution in [-0.2, 0) is 11.2 Å². The first-order valence-corrected chi connectivity index (χ1v) is 7.79. The Morgan fingerprint density at radius 2 is 1.76 bits per heavy atom. The van der Waals surface area contributed by atoms with Crippen molar-refractivity contribution < 1.29 is 4.79 Å². The van der Waals surface area contributed by atoms with Gasteiger partial charge in [0.1, 0.15) is 0 Å². The first kappa shape index (κ1) is 12.6. The highest BCUT2D eigenvalue weighted by molar-refractivity contribution is 5.98. The molecule has 1 saturated carbocycles. The van der Waals surface area contributed by atoms with Crippen LogP contribution in [0.1, 0.15) is 29.9 Å². The smallest absolute Gasteiger partial charge is 0.230 e. The van der Waals surface area contributed by atoms with Crippen LogP contribution in [0.15, 0.2) is 54.6 Å². The van der Waals surface area contributed by atoms with Crippen LogP contribution in [0.4, 0.5) is 5.69 Å². The van der Waals surface area contributed by atoms with Gasteiger partial charge in [-0.05, 0) is 42.4 Å². The molecule has 2 aromatic carbocycles. The maximum absolute atomic E-state index is 12.8. The monoisotopic (exact) mass is 277 g/mol. The minimum atomic E-state index is 0.179. The van der Waals surface area contributed by atoms with E-state index in [2.05, 4.69) is 42.5 Å². The van der Waals surface area contributed by atoms with Gasteiger partial charge in [0.25, 0.3) is 0 Å². The molecule has 0 bridgehead atoms. The minimum Gasteiger partial charge on any atom is -0.312 e. The summed E-state index contributed by atoms with van der Waals surface area (Å²) in [6.07, 6.45) is 3.17. The van der Waals surface area contributed by atoms with Crippen molar-refractivity contribution in [3.05, 3.63) is 65.7 Å². The number of rotatable bonds is 2. The van der Waals surface area contributed by atoms with Crippen LogP contribution in [0.2, 0.25) is 0 Å². The largest absolute Gasteiger partial charge is 0.312 e. The number of nitrogens with zero attached hydrogens (tertiary/aromatic N) is 1. The topological polar surface area (TPSA) is 20.3 Å². The van der Waals surface area contributed by atoms with E-state index in [1.165, 1.54) is 11.1 Å². The molecule has 0 radical (unpaired) electrons. The van der Waals surface area contributed by atoms with Crippen molar-refractivity contribution in [2.75, 3.05) is 11.4 Å². The van der Waals surface area contributed by atoms with Crippen LogP contribution < -0.4 is 4.90 Å². The van der Waals surface area contributed by atoms with E-state index < -0.39 is 0 Å². The van der Waals surface area contributed by atoms with Gasteiger partial charge in [-0.25, -0.2) is 0 Å². The van der Waals surface area contributed by atoms with E-state index in [1.807, 2.05) is 17.0 Å². The van der Waals surface area contributed by atoms with Gasteiger partial charge < -0.3 is 4.90 Å². The van der Waals surface area contributed by atoms with Crippen LogP contribution in [0.5, 0.6) is 0 Å². The van der Waals surface area contributed by atoms with Gasteiger partial charge >= 0.3 is 0 Å². The lowest BCUT2D eigenvalue weighted by Crippen LogP contribution is -2.36. The van der Waals surface area contributed by atoms with Crippen molar-refractivity contribution in [3.8, 4) is 0 Å². The summed E-state index contributed by atoms with van der Waals surface area (Å²) in [5, 5.41) is 0. The number of aryl methyl sites for hydroxylation is 1. The Morgan fingerprint density at radius 1 is 1.00 bits per heavy atom. The second-order valence-electron chi connectivity index (χ2n) is 6.08. The normalized spacial score (nSPS) is 23.5. The summed E-state index contributed by atoms with van der Waals surface area (Å²) in [5.41, 5.74) is 3.75. The number of anilines is 1. The van der Waals surface area contributed by atoms with Crippen LogP contribution >= 0.6 is 0 Å². The Morgan fingerprint density at radius 3 is 2.62 bits per heavy atom. The maximum atomic E-state index is 12.8. The van der Waals surface area contributed by atoms with Crippen molar-refractivity contribution in [1.82, 2.24) is 0 Å². The number of fused-ring (bicyclic) bond motifs is 1. The molecule has 1 fully saturated rings. The molecule has 0 aromatic heterocycles. The number of benzene rings is 2. The van der Waals surface area contributed by atoms with Crippen molar-refractivity contribution >= 4 is 11.6 Å². The maximum Gasteiger partial charge on any atom is 0.230 e. The zero-order valence-corrected chi connectivity index (χ0v) is 12.0. The third-order valence-corrected chi connectivity index (χ3v) is 4.71. The molecular formula is C19H19NO. The molecule has 2 heteroatoms. The Labute approximate surface area is 125 Å². The summed E-state index contributed by atoms with van der Waals surface area (Å²) in [6, 6.07) is 18.8. The number of amides is 1. The van der Waals surface area contributed by atoms with Gasteiger partial charge in [-0.15, -0.1) is 0 Å². The van der Waals surface area contributed by atoms with Crippen LogP contribution in [0.25, 0.3) is 0 Å². The van der Waals surface area contributed by atoms with E-state index in [-0.39, 0.29) is 5.92 Å². The van der Waals surface area contributed by atoms with Crippen LogP contribution in [-0.4, -0.2) is 12.5 Å². The van der Waals surface area contributed by atoms with Gasteiger partial charge in [0.2, 0.25) is 5.91 Å². The molecular weight excluding hydrogens is 258 g/mol. The van der Waals surface area contributed by atoms with Gasteiger partial charge in [0, 0.05) is 18.2 Å². The lowest BCUT2D eigenvalue weighted by Gasteiger charge is -2.29. The SMILES string of the molecule is O=C(C1CC1c1ccccc1)N1CCCc2ccccc21. The highest BCUT2D eigenvalue weighted by atomic mass is 16.2. The zero-order chi connectivity index (χ0) is 14.2. The molecule has 2 nitrogen and oxygen atoms in total. The van der Waals surface area contributed by atoms with Gasteiger partial charge in [-0.1, -0.05) is 48.5 Å². The number of para-hydroxylation sites is 1. The first-order valence-electron chi connectivity index (χ1n) is 7.79. The molecule has 21 heavy (non-hydrogen) atoms. The van der Waals surface area contributed by atoms with Gasteiger partial charge in [0.05, 0.1) is 0 Å². The predicted octanol–water partition coefficient (Wildman–Crippen LogP) is 3.77. The summed E-state index contributed by atoms with van der Waals surface area (Å²) < 4.78 is 0. The summed E-state index contributed by atoms with van der Waals surface area (Å²) >= 11 is 0. The third-order valence-electron chi connectivity index (χ3n) is 4.71. The van der Waals surface area contributed by atoms with Crippen LogP contribution in [0, 0.1) is 5.92 Å². The number of carbonyl (C=O) groups is 1. The molecule has 0 spiro atoms. The summed E-state index contributed by atoms with van der Waals surface area (Å²) in [6.45, 7) is 0.869. The highest BCUT2D eigenvalue weighted by Crippen LogP contribution is 2.49. The third kappa shape index (κ3) is 2.25. The molecule has 4 rings (SSSR count). The number of hydrogen-bond acceptors (Lipinski definition) is 1. The summed E-state index contributed by atoms with van der Waals surface area (Å²) in [4.78, 5) is 14.9. The Bertz CT molecular complexity index is 664. The fraction of sp³-hybridized carbons (Fsp3) is 0.316. The lowest BCUT2D eigenvalue weighted by molar-refractivity contribution is -0.120. The molecule has 2 atom stereocenters. The quantitative estimate of drug-likeness (QED) is 0.818. The van der Waals surface area contributed by atoms with Crippen LogP contribution in [0.3, 0.4) is 0 Å². The van der Waals surface area contributed by atoms with E-state index in [1.54, 1.807) is 0 Å². The fourth-order valence-corrected chi connectivity index (χ4v) is 3.50. The Balaban J connectivity index is 1.55. The van der Waals surface area contributed by atoms with E-state index in [4.69, 9.17) is 0 Å². The zero-order valence-electron chi connectivity index (χ0n) is 12.0. The van der Waals surface area contributed by atoms with Gasteiger partial charge in [0.15, 0.2) is 0 Å². The van der Waals surface area contributed by atoms with E-state index in [0.29, 0.717) is 11.8 Å². The molecule has 0 saturated heterocycles. The molecule has 106 valence electrons. The standard InChI is InChI=1S/C19H19NO/c21-19(17-13-16(17)14-7-2-1-3-8-14)20-12-6-10-15-9-4-5-11-18(15)20/h1-5,7-9,11,16-17H,6,10,12-13H2. The predicted molar refractivity (Wildman–Crippen MR) is 84.4 cm³/mol. The molecule has 1 aliphatic carbocycles. The second kappa shape index (κ2) is 5.03. The lowest BCUT2D eigenvalue weighted by atomic mass is 10.0. The number of carbonyl (C=O) groups excluding carboxylic acids is 1. The molecule has 0 N–H and O–H groups in total. The highest BCUT2D eigenvalue weighted by Gasteiger charge is 2.46.